The lowest BCUT2D eigenvalue weighted by Crippen LogP contribution is -2.33. The van der Waals surface area contributed by atoms with Crippen LogP contribution in [-0.2, 0) is 10.2 Å². The lowest BCUT2D eigenvalue weighted by atomic mass is 9.96. The Morgan fingerprint density at radius 3 is 2.35 bits per heavy atom. The zero-order valence-electron chi connectivity index (χ0n) is 10.9. The number of hydrogen-bond donors (Lipinski definition) is 2. The molecular formula is C11H19N3O2S. The molecule has 0 spiro atoms. The normalized spacial score (nSPS) is 12.5. The van der Waals surface area contributed by atoms with Gasteiger partial charge in [0.2, 0.25) is 5.13 Å². The van der Waals surface area contributed by atoms with Crippen molar-refractivity contribution in [2.24, 2.45) is 0 Å². The molecule has 0 saturated carbocycles. The second-order valence-corrected chi connectivity index (χ2v) is 6.50. The van der Waals surface area contributed by atoms with E-state index >= 15 is 0 Å². The Kier molecular flexibility index (Phi) is 3.76. The van der Waals surface area contributed by atoms with Gasteiger partial charge in [0, 0.05) is 22.5 Å². The highest BCUT2D eigenvalue weighted by Gasteiger charge is 2.25. The molecule has 1 aromatic rings. The van der Waals surface area contributed by atoms with Crippen molar-refractivity contribution < 1.29 is 9.90 Å². The maximum atomic E-state index is 10.7. The van der Waals surface area contributed by atoms with Crippen LogP contribution >= 0.6 is 11.5 Å². The average molecular weight is 257 g/mol. The molecule has 0 amide bonds. The van der Waals surface area contributed by atoms with Crippen LogP contribution < -0.4 is 5.32 Å². The van der Waals surface area contributed by atoms with Crippen LogP contribution in [0.1, 0.15) is 46.9 Å². The summed E-state index contributed by atoms with van der Waals surface area (Å²) in [6.45, 7) is 9.79. The van der Waals surface area contributed by atoms with E-state index < -0.39 is 11.5 Å². The molecule has 2 N–H and O–H groups in total. The first kappa shape index (κ1) is 13.9. The highest BCUT2D eigenvalue weighted by molar-refractivity contribution is 7.09. The van der Waals surface area contributed by atoms with Crippen LogP contribution in [0.15, 0.2) is 0 Å². The van der Waals surface area contributed by atoms with Gasteiger partial charge in [-0.2, -0.15) is 4.37 Å². The third-order valence-electron chi connectivity index (χ3n) is 2.14. The first-order valence-electron chi connectivity index (χ1n) is 5.44. The molecule has 1 heterocycles. The minimum Gasteiger partial charge on any atom is -0.481 e. The topological polar surface area (TPSA) is 75.1 Å². The summed E-state index contributed by atoms with van der Waals surface area (Å²) in [6.07, 6.45) is 0.0391. The van der Waals surface area contributed by atoms with Crippen molar-refractivity contribution in [2.75, 3.05) is 5.32 Å². The number of aromatic nitrogens is 2. The summed E-state index contributed by atoms with van der Waals surface area (Å²) in [4.78, 5) is 15.1. The maximum absolute atomic E-state index is 10.7. The minimum atomic E-state index is -0.830. The predicted octanol–water partition coefficient (Wildman–Crippen LogP) is 2.50. The van der Waals surface area contributed by atoms with Crippen molar-refractivity contribution in [2.45, 2.75) is 52.0 Å². The van der Waals surface area contributed by atoms with Crippen LogP contribution in [0.2, 0.25) is 0 Å². The van der Waals surface area contributed by atoms with Crippen molar-refractivity contribution in [3.8, 4) is 0 Å². The summed E-state index contributed by atoms with van der Waals surface area (Å²) >= 11 is 1.27. The van der Waals surface area contributed by atoms with Gasteiger partial charge in [-0.1, -0.05) is 20.8 Å². The van der Waals surface area contributed by atoms with Gasteiger partial charge in [0.05, 0.1) is 6.42 Å². The summed E-state index contributed by atoms with van der Waals surface area (Å²) in [6, 6.07) is 0. The van der Waals surface area contributed by atoms with Gasteiger partial charge in [-0.15, -0.1) is 0 Å². The third-order valence-corrected chi connectivity index (χ3v) is 2.77. The molecular weight excluding hydrogens is 238 g/mol. The standard InChI is InChI=1S/C11H19N3O2S/c1-10(2,3)8-12-9(17-14-8)13-11(4,5)6-7(15)16/h6H2,1-5H3,(H,15,16)(H,12,13,14). The second-order valence-electron chi connectivity index (χ2n) is 5.75. The smallest absolute Gasteiger partial charge is 0.305 e. The Labute approximate surface area is 105 Å². The first-order valence-corrected chi connectivity index (χ1v) is 6.22. The molecule has 0 bridgehead atoms. The molecule has 0 aliphatic rings. The molecule has 0 radical (unpaired) electrons. The van der Waals surface area contributed by atoms with Crippen molar-refractivity contribution in [1.82, 2.24) is 9.36 Å². The predicted molar refractivity (Wildman–Crippen MR) is 68.6 cm³/mol. The summed E-state index contributed by atoms with van der Waals surface area (Å²) in [5, 5.41) is 12.6. The van der Waals surface area contributed by atoms with Crippen LogP contribution in [0.25, 0.3) is 0 Å². The average Bonchev–Trinajstić information content (AvgIpc) is 2.47. The monoisotopic (exact) mass is 257 g/mol. The van der Waals surface area contributed by atoms with E-state index in [9.17, 15) is 4.79 Å². The van der Waals surface area contributed by atoms with Crippen molar-refractivity contribution >= 4 is 22.6 Å². The number of anilines is 1. The van der Waals surface area contributed by atoms with Gasteiger partial charge in [0.15, 0.2) is 0 Å². The molecule has 96 valence electrons. The zero-order valence-corrected chi connectivity index (χ0v) is 11.7. The van der Waals surface area contributed by atoms with Crippen LogP contribution in [0.3, 0.4) is 0 Å². The molecule has 5 nitrogen and oxygen atoms in total. The quantitative estimate of drug-likeness (QED) is 0.866. The summed E-state index contributed by atoms with van der Waals surface area (Å²) in [5.74, 6) is -0.0563. The Morgan fingerprint density at radius 2 is 1.94 bits per heavy atom. The number of aliphatic carboxylic acids is 1. The Hall–Kier alpha value is -1.17. The fourth-order valence-corrected chi connectivity index (χ4v) is 2.23. The number of carboxylic acid groups (broad SMARTS) is 1. The fourth-order valence-electron chi connectivity index (χ4n) is 1.29. The highest BCUT2D eigenvalue weighted by Crippen LogP contribution is 2.25. The molecule has 1 aromatic heterocycles. The van der Waals surface area contributed by atoms with Gasteiger partial charge in [0.1, 0.15) is 5.82 Å². The SMILES string of the molecule is CC(C)(CC(=O)O)Nc1nc(C(C)(C)C)ns1. The van der Waals surface area contributed by atoms with E-state index in [-0.39, 0.29) is 11.8 Å². The summed E-state index contributed by atoms with van der Waals surface area (Å²) in [7, 11) is 0. The number of carboxylic acids is 1. The summed E-state index contributed by atoms with van der Waals surface area (Å²) in [5.41, 5.74) is -0.617. The summed E-state index contributed by atoms with van der Waals surface area (Å²) < 4.78 is 4.27. The van der Waals surface area contributed by atoms with E-state index in [1.807, 2.05) is 34.6 Å². The van der Waals surface area contributed by atoms with Crippen LogP contribution in [0.4, 0.5) is 5.13 Å². The number of carbonyl (C=O) groups is 1. The highest BCUT2D eigenvalue weighted by atomic mass is 32.1. The molecule has 17 heavy (non-hydrogen) atoms. The van der Waals surface area contributed by atoms with Gasteiger partial charge in [0.25, 0.3) is 0 Å². The van der Waals surface area contributed by atoms with Crippen LogP contribution in [0.5, 0.6) is 0 Å². The van der Waals surface area contributed by atoms with E-state index in [2.05, 4.69) is 14.7 Å². The van der Waals surface area contributed by atoms with E-state index in [0.717, 1.165) is 5.82 Å². The largest absolute Gasteiger partial charge is 0.481 e. The Bertz CT molecular complexity index is 407. The molecule has 0 aliphatic heterocycles. The molecule has 0 fully saturated rings. The number of nitrogens with zero attached hydrogens (tertiary/aromatic N) is 2. The molecule has 6 heteroatoms. The molecule has 0 atom stereocenters. The lowest BCUT2D eigenvalue weighted by Gasteiger charge is -2.23. The molecule has 0 saturated heterocycles. The van der Waals surface area contributed by atoms with Gasteiger partial charge in [-0.05, 0) is 13.8 Å². The maximum Gasteiger partial charge on any atom is 0.305 e. The Balaban J connectivity index is 2.76. The van der Waals surface area contributed by atoms with Crippen molar-refractivity contribution in [1.29, 1.82) is 0 Å². The van der Waals surface area contributed by atoms with Crippen LogP contribution in [-0.4, -0.2) is 26.0 Å². The lowest BCUT2D eigenvalue weighted by molar-refractivity contribution is -0.137. The van der Waals surface area contributed by atoms with Crippen LogP contribution in [0, 0.1) is 0 Å². The number of rotatable bonds is 4. The molecule has 0 unspecified atom stereocenters. The third kappa shape index (κ3) is 4.30. The molecule has 1 rings (SSSR count). The zero-order chi connectivity index (χ0) is 13.3. The number of hydrogen-bond acceptors (Lipinski definition) is 5. The first-order chi connectivity index (χ1) is 7.60. The van der Waals surface area contributed by atoms with Gasteiger partial charge in [-0.25, -0.2) is 4.98 Å². The Morgan fingerprint density at radius 1 is 1.35 bits per heavy atom. The van der Waals surface area contributed by atoms with E-state index in [0.29, 0.717) is 5.13 Å². The fraction of sp³-hybridized carbons (Fsp3) is 0.727. The van der Waals surface area contributed by atoms with Crippen molar-refractivity contribution in [3.05, 3.63) is 5.82 Å². The number of nitrogens with one attached hydrogen (secondary N) is 1. The van der Waals surface area contributed by atoms with Gasteiger partial charge < -0.3 is 10.4 Å². The van der Waals surface area contributed by atoms with Gasteiger partial charge in [-0.3, -0.25) is 4.79 Å². The minimum absolute atomic E-state index is 0.0391. The van der Waals surface area contributed by atoms with E-state index in [4.69, 9.17) is 5.11 Å². The molecule has 0 aromatic carbocycles. The van der Waals surface area contributed by atoms with Gasteiger partial charge >= 0.3 is 5.97 Å². The van der Waals surface area contributed by atoms with E-state index in [1.54, 1.807) is 0 Å². The second kappa shape index (κ2) is 4.60. The van der Waals surface area contributed by atoms with E-state index in [1.165, 1.54) is 11.5 Å². The van der Waals surface area contributed by atoms with Crippen molar-refractivity contribution in [3.63, 3.8) is 0 Å². The molecule has 0 aliphatic carbocycles.